The molecule has 0 fully saturated rings. The smallest absolute Gasteiger partial charge is 0.0434 e. The summed E-state index contributed by atoms with van der Waals surface area (Å²) in [6.07, 6.45) is 0. The van der Waals surface area contributed by atoms with Crippen LogP contribution >= 0.6 is 0 Å². The average Bonchev–Trinajstić information content (AvgIpc) is 2.30. The highest BCUT2D eigenvalue weighted by Crippen LogP contribution is 2.25. The summed E-state index contributed by atoms with van der Waals surface area (Å²) in [7, 11) is 0. The van der Waals surface area contributed by atoms with Crippen molar-refractivity contribution < 1.29 is 0 Å². The molecule has 0 unspecified atom stereocenters. The summed E-state index contributed by atoms with van der Waals surface area (Å²) in [5.41, 5.74) is 12.6. The Kier molecular flexibility index (Phi) is 3.05. The van der Waals surface area contributed by atoms with Gasteiger partial charge in [0, 0.05) is 17.1 Å². The molecule has 2 rings (SSSR count). The molecule has 0 saturated heterocycles. The summed E-state index contributed by atoms with van der Waals surface area (Å²) in [6.45, 7) is 6.26. The Balaban J connectivity index is 2.31. The second-order valence-electron chi connectivity index (χ2n) is 4.44. The van der Waals surface area contributed by atoms with Gasteiger partial charge in [0.1, 0.15) is 0 Å². The minimum atomic E-state index is 0.818. The van der Waals surface area contributed by atoms with Crippen LogP contribution in [-0.2, 0) is 0 Å². The number of nitrogen functional groups attached to an aromatic ring is 1. The molecule has 2 aromatic carbocycles. The van der Waals surface area contributed by atoms with E-state index in [-0.39, 0.29) is 0 Å². The van der Waals surface area contributed by atoms with Gasteiger partial charge in [0.05, 0.1) is 0 Å². The van der Waals surface area contributed by atoms with E-state index in [0.717, 1.165) is 22.6 Å². The minimum absolute atomic E-state index is 0.818. The summed E-state index contributed by atoms with van der Waals surface area (Å²) in [6, 6.07) is 12.3. The van der Waals surface area contributed by atoms with E-state index in [1.807, 2.05) is 25.1 Å². The van der Waals surface area contributed by atoms with Gasteiger partial charge < -0.3 is 11.1 Å². The Morgan fingerprint density at radius 3 is 2.41 bits per heavy atom. The number of hydrogen-bond donors (Lipinski definition) is 2. The van der Waals surface area contributed by atoms with E-state index in [2.05, 4.69) is 37.4 Å². The van der Waals surface area contributed by atoms with E-state index in [9.17, 15) is 0 Å². The van der Waals surface area contributed by atoms with Crippen LogP contribution in [0.3, 0.4) is 0 Å². The van der Waals surface area contributed by atoms with Crippen molar-refractivity contribution >= 4 is 17.1 Å². The lowest BCUT2D eigenvalue weighted by Crippen LogP contribution is -1.97. The van der Waals surface area contributed by atoms with Crippen molar-refractivity contribution in [3.8, 4) is 0 Å². The quantitative estimate of drug-likeness (QED) is 0.761. The third-order valence-electron chi connectivity index (χ3n) is 3.16. The second-order valence-corrected chi connectivity index (χ2v) is 4.44. The number of anilines is 3. The van der Waals surface area contributed by atoms with Crippen LogP contribution in [0.15, 0.2) is 36.4 Å². The van der Waals surface area contributed by atoms with E-state index in [0.29, 0.717) is 0 Å². The van der Waals surface area contributed by atoms with Crippen molar-refractivity contribution in [3.63, 3.8) is 0 Å². The molecule has 0 saturated carbocycles. The van der Waals surface area contributed by atoms with Gasteiger partial charge in [-0.2, -0.15) is 0 Å². The highest BCUT2D eigenvalue weighted by molar-refractivity contribution is 5.69. The molecule has 0 radical (unpaired) electrons. The SMILES string of the molecule is Cc1ccc(Nc2cccc(N)c2C)cc1C. The topological polar surface area (TPSA) is 38.0 Å². The van der Waals surface area contributed by atoms with Crippen molar-refractivity contribution in [1.29, 1.82) is 0 Å². The zero-order chi connectivity index (χ0) is 12.4. The summed E-state index contributed by atoms with van der Waals surface area (Å²) in [5, 5.41) is 3.40. The minimum Gasteiger partial charge on any atom is -0.398 e. The fraction of sp³-hybridized carbons (Fsp3) is 0.200. The zero-order valence-corrected chi connectivity index (χ0v) is 10.5. The fourth-order valence-corrected chi connectivity index (χ4v) is 1.76. The Morgan fingerprint density at radius 1 is 0.941 bits per heavy atom. The highest BCUT2D eigenvalue weighted by atomic mass is 14.9. The van der Waals surface area contributed by atoms with Crippen molar-refractivity contribution in [2.24, 2.45) is 0 Å². The molecule has 0 aliphatic heterocycles. The number of nitrogens with two attached hydrogens (primary N) is 1. The molecule has 0 aliphatic carbocycles. The third kappa shape index (κ3) is 2.41. The van der Waals surface area contributed by atoms with Crippen LogP contribution in [0, 0.1) is 20.8 Å². The molecule has 0 aromatic heterocycles. The summed E-state index contributed by atoms with van der Waals surface area (Å²) >= 11 is 0. The third-order valence-corrected chi connectivity index (χ3v) is 3.16. The second kappa shape index (κ2) is 4.50. The number of aryl methyl sites for hydroxylation is 2. The summed E-state index contributed by atoms with van der Waals surface area (Å²) in [4.78, 5) is 0. The maximum Gasteiger partial charge on any atom is 0.0434 e. The van der Waals surface area contributed by atoms with Crippen LogP contribution in [0.25, 0.3) is 0 Å². The van der Waals surface area contributed by atoms with Crippen LogP contribution in [-0.4, -0.2) is 0 Å². The molecule has 0 amide bonds. The lowest BCUT2D eigenvalue weighted by atomic mass is 10.1. The molecule has 17 heavy (non-hydrogen) atoms. The van der Waals surface area contributed by atoms with Gasteiger partial charge in [-0.3, -0.25) is 0 Å². The maximum atomic E-state index is 5.89. The van der Waals surface area contributed by atoms with Gasteiger partial charge in [0.15, 0.2) is 0 Å². The first kappa shape index (κ1) is 11.5. The van der Waals surface area contributed by atoms with Crippen LogP contribution in [0.1, 0.15) is 16.7 Å². The normalized spacial score (nSPS) is 10.3. The number of hydrogen-bond acceptors (Lipinski definition) is 2. The molecule has 3 N–H and O–H groups in total. The molecule has 0 atom stereocenters. The van der Waals surface area contributed by atoms with Crippen molar-refractivity contribution in [1.82, 2.24) is 0 Å². The summed E-state index contributed by atoms with van der Waals surface area (Å²) in [5.74, 6) is 0. The number of benzene rings is 2. The number of rotatable bonds is 2. The van der Waals surface area contributed by atoms with Gasteiger partial charge in [-0.25, -0.2) is 0 Å². The van der Waals surface area contributed by atoms with E-state index < -0.39 is 0 Å². The number of nitrogens with one attached hydrogen (secondary N) is 1. The van der Waals surface area contributed by atoms with Crippen molar-refractivity contribution in [2.75, 3.05) is 11.1 Å². The van der Waals surface area contributed by atoms with Crippen molar-refractivity contribution in [3.05, 3.63) is 53.1 Å². The van der Waals surface area contributed by atoms with Gasteiger partial charge in [-0.15, -0.1) is 0 Å². The van der Waals surface area contributed by atoms with Gasteiger partial charge in [-0.1, -0.05) is 12.1 Å². The van der Waals surface area contributed by atoms with E-state index in [1.165, 1.54) is 11.1 Å². The van der Waals surface area contributed by atoms with Gasteiger partial charge in [0.2, 0.25) is 0 Å². The van der Waals surface area contributed by atoms with E-state index in [1.54, 1.807) is 0 Å². The maximum absolute atomic E-state index is 5.89. The average molecular weight is 226 g/mol. The predicted octanol–water partition coefficient (Wildman–Crippen LogP) is 3.94. The van der Waals surface area contributed by atoms with Gasteiger partial charge >= 0.3 is 0 Å². The Labute approximate surface area is 102 Å². The first-order valence-corrected chi connectivity index (χ1v) is 5.77. The first-order valence-electron chi connectivity index (χ1n) is 5.77. The standard InChI is InChI=1S/C15H18N2/c1-10-7-8-13(9-11(10)2)17-15-6-4-5-14(16)12(15)3/h4-9,17H,16H2,1-3H3. The monoisotopic (exact) mass is 226 g/mol. The van der Waals surface area contributed by atoms with Crippen molar-refractivity contribution in [2.45, 2.75) is 20.8 Å². The molecule has 2 heteroatoms. The lowest BCUT2D eigenvalue weighted by Gasteiger charge is -2.12. The van der Waals surface area contributed by atoms with E-state index >= 15 is 0 Å². The highest BCUT2D eigenvalue weighted by Gasteiger charge is 2.02. The molecular weight excluding hydrogens is 208 g/mol. The van der Waals surface area contributed by atoms with Crippen LogP contribution in [0.5, 0.6) is 0 Å². The molecule has 0 bridgehead atoms. The molecule has 0 spiro atoms. The largest absolute Gasteiger partial charge is 0.398 e. The zero-order valence-electron chi connectivity index (χ0n) is 10.5. The van der Waals surface area contributed by atoms with Crippen LogP contribution in [0.2, 0.25) is 0 Å². The van der Waals surface area contributed by atoms with Crippen LogP contribution in [0.4, 0.5) is 17.1 Å². The molecule has 2 nitrogen and oxygen atoms in total. The van der Waals surface area contributed by atoms with Gasteiger partial charge in [-0.05, 0) is 61.7 Å². The molecule has 2 aromatic rings. The summed E-state index contributed by atoms with van der Waals surface area (Å²) < 4.78 is 0. The van der Waals surface area contributed by atoms with Crippen LogP contribution < -0.4 is 11.1 Å². The van der Waals surface area contributed by atoms with Gasteiger partial charge in [0.25, 0.3) is 0 Å². The first-order chi connectivity index (χ1) is 8.08. The Bertz CT molecular complexity index is 545. The lowest BCUT2D eigenvalue weighted by molar-refractivity contribution is 1.33. The molecule has 0 heterocycles. The Hall–Kier alpha value is -1.96. The molecule has 0 aliphatic rings. The molecular formula is C15H18N2. The van der Waals surface area contributed by atoms with E-state index in [4.69, 9.17) is 5.73 Å². The Morgan fingerprint density at radius 2 is 1.71 bits per heavy atom. The fourth-order valence-electron chi connectivity index (χ4n) is 1.76. The predicted molar refractivity (Wildman–Crippen MR) is 74.8 cm³/mol. The molecule has 88 valence electrons.